The monoisotopic (exact) mass is 387 g/mol. The van der Waals surface area contributed by atoms with Gasteiger partial charge in [0, 0.05) is 25.2 Å². The highest BCUT2D eigenvalue weighted by Crippen LogP contribution is 2.31. The molecule has 152 valence electrons. The molecule has 1 unspecified atom stereocenters. The van der Waals surface area contributed by atoms with Crippen molar-refractivity contribution in [1.29, 1.82) is 0 Å². The number of amides is 3. The van der Waals surface area contributed by atoms with E-state index in [4.69, 9.17) is 4.74 Å². The van der Waals surface area contributed by atoms with E-state index in [-0.39, 0.29) is 24.1 Å². The minimum atomic E-state index is -0.845. The van der Waals surface area contributed by atoms with E-state index in [1.807, 2.05) is 19.1 Å². The molecule has 1 aliphatic heterocycles. The number of anilines is 1. The number of benzene rings is 1. The molecule has 7 heteroatoms. The number of methoxy groups -OCH3 is 1. The van der Waals surface area contributed by atoms with Crippen LogP contribution in [0, 0.1) is 5.92 Å². The third-order valence-corrected chi connectivity index (χ3v) is 5.72. The lowest BCUT2D eigenvalue weighted by atomic mass is 9.80. The van der Waals surface area contributed by atoms with Crippen LogP contribution >= 0.6 is 0 Å². The molecule has 1 aromatic carbocycles. The summed E-state index contributed by atoms with van der Waals surface area (Å²) in [5.74, 6) is -0.147. The average molecular weight is 387 g/mol. The van der Waals surface area contributed by atoms with Gasteiger partial charge in [-0.1, -0.05) is 19.3 Å². The fourth-order valence-corrected chi connectivity index (χ4v) is 4.13. The zero-order valence-electron chi connectivity index (χ0n) is 16.6. The predicted octanol–water partition coefficient (Wildman–Crippen LogP) is 2.00. The lowest BCUT2D eigenvalue weighted by Crippen LogP contribution is -2.60. The molecule has 2 aliphatic rings. The van der Waals surface area contributed by atoms with E-state index in [1.165, 1.54) is 0 Å². The molecule has 28 heavy (non-hydrogen) atoms. The predicted molar refractivity (Wildman–Crippen MR) is 106 cm³/mol. The Hall–Kier alpha value is -2.57. The molecule has 0 bridgehead atoms. The van der Waals surface area contributed by atoms with Gasteiger partial charge < -0.3 is 20.3 Å². The minimum absolute atomic E-state index is 0.0824. The summed E-state index contributed by atoms with van der Waals surface area (Å²) in [7, 11) is 1.59. The maximum Gasteiger partial charge on any atom is 0.245 e. The first-order valence-corrected chi connectivity index (χ1v) is 10.0. The minimum Gasteiger partial charge on any atom is -0.497 e. The molecule has 1 aromatic rings. The van der Waals surface area contributed by atoms with Gasteiger partial charge in [0.05, 0.1) is 13.0 Å². The molecular weight excluding hydrogens is 358 g/mol. The van der Waals surface area contributed by atoms with E-state index in [0.29, 0.717) is 31.7 Å². The van der Waals surface area contributed by atoms with Crippen LogP contribution in [0.5, 0.6) is 5.75 Å². The first kappa shape index (κ1) is 20.2. The van der Waals surface area contributed by atoms with Gasteiger partial charge in [-0.05, 0) is 44.0 Å². The van der Waals surface area contributed by atoms with Gasteiger partial charge in [-0.25, -0.2) is 0 Å². The Morgan fingerprint density at radius 2 is 1.86 bits per heavy atom. The second kappa shape index (κ2) is 8.63. The van der Waals surface area contributed by atoms with Crippen molar-refractivity contribution in [3.8, 4) is 5.75 Å². The number of nitrogens with one attached hydrogen (secondary N) is 2. The van der Waals surface area contributed by atoms with Gasteiger partial charge in [0.2, 0.25) is 17.7 Å². The summed E-state index contributed by atoms with van der Waals surface area (Å²) in [6.07, 6.45) is 4.35. The van der Waals surface area contributed by atoms with Crippen LogP contribution in [0.1, 0.15) is 45.4 Å². The van der Waals surface area contributed by atoms with Gasteiger partial charge >= 0.3 is 0 Å². The molecule has 0 aromatic heterocycles. The molecule has 1 heterocycles. The standard InChI is InChI=1S/C21H29N3O4/c1-3-22-20(27)21(11-5-4-6-12-21)23-19(26)15-13-18(25)24(14-15)16-7-9-17(28-2)10-8-16/h7-10,15H,3-6,11-14H2,1-2H3,(H,22,27)(H,23,26). The highest BCUT2D eigenvalue weighted by Gasteiger charge is 2.43. The molecule has 7 nitrogen and oxygen atoms in total. The smallest absolute Gasteiger partial charge is 0.245 e. The van der Waals surface area contributed by atoms with Crippen LogP contribution < -0.4 is 20.3 Å². The quantitative estimate of drug-likeness (QED) is 0.782. The van der Waals surface area contributed by atoms with Crippen LogP contribution in [-0.4, -0.2) is 43.5 Å². The molecule has 1 aliphatic carbocycles. The van der Waals surface area contributed by atoms with Crippen LogP contribution in [0.15, 0.2) is 24.3 Å². The van der Waals surface area contributed by atoms with Gasteiger partial charge in [0.25, 0.3) is 0 Å². The normalized spacial score (nSPS) is 21.3. The molecule has 1 saturated heterocycles. The number of hydrogen-bond acceptors (Lipinski definition) is 4. The fraction of sp³-hybridized carbons (Fsp3) is 0.571. The number of ether oxygens (including phenoxy) is 1. The summed E-state index contributed by atoms with van der Waals surface area (Å²) >= 11 is 0. The van der Waals surface area contributed by atoms with E-state index in [0.717, 1.165) is 24.9 Å². The second-order valence-corrected chi connectivity index (χ2v) is 7.59. The maximum absolute atomic E-state index is 13.0. The van der Waals surface area contributed by atoms with Crippen LogP contribution in [-0.2, 0) is 14.4 Å². The topological polar surface area (TPSA) is 87.7 Å². The largest absolute Gasteiger partial charge is 0.497 e. The highest BCUT2D eigenvalue weighted by atomic mass is 16.5. The van der Waals surface area contributed by atoms with Crippen LogP contribution in [0.3, 0.4) is 0 Å². The highest BCUT2D eigenvalue weighted by molar-refractivity contribution is 6.01. The van der Waals surface area contributed by atoms with Crippen molar-refractivity contribution in [1.82, 2.24) is 10.6 Å². The number of nitrogens with zero attached hydrogens (tertiary/aromatic N) is 1. The van der Waals surface area contributed by atoms with Gasteiger partial charge in [-0.2, -0.15) is 0 Å². The zero-order chi connectivity index (χ0) is 20.1. The van der Waals surface area contributed by atoms with Crippen molar-refractivity contribution in [3.63, 3.8) is 0 Å². The molecule has 3 rings (SSSR count). The van der Waals surface area contributed by atoms with Crippen molar-refractivity contribution in [2.24, 2.45) is 5.92 Å². The molecule has 0 radical (unpaired) electrons. The van der Waals surface area contributed by atoms with E-state index < -0.39 is 11.5 Å². The Balaban J connectivity index is 1.69. The number of hydrogen-bond donors (Lipinski definition) is 2. The first-order chi connectivity index (χ1) is 13.5. The average Bonchev–Trinajstić information content (AvgIpc) is 3.11. The Bertz CT molecular complexity index is 726. The molecular formula is C21H29N3O4. The molecule has 1 saturated carbocycles. The van der Waals surface area contributed by atoms with Gasteiger partial charge in [0.1, 0.15) is 11.3 Å². The summed E-state index contributed by atoms with van der Waals surface area (Å²) in [4.78, 5) is 39.7. The summed E-state index contributed by atoms with van der Waals surface area (Å²) in [6, 6.07) is 7.22. The molecule has 0 spiro atoms. The SMILES string of the molecule is CCNC(=O)C1(NC(=O)C2CC(=O)N(c3ccc(OC)cc3)C2)CCCCC1. The molecule has 2 N–H and O–H groups in total. The zero-order valence-corrected chi connectivity index (χ0v) is 16.6. The van der Waals surface area contributed by atoms with Crippen LogP contribution in [0.2, 0.25) is 0 Å². The lowest BCUT2D eigenvalue weighted by Gasteiger charge is -2.37. The van der Waals surface area contributed by atoms with Crippen molar-refractivity contribution in [2.45, 2.75) is 51.0 Å². The molecule has 3 amide bonds. The Labute approximate surface area is 165 Å². The summed E-state index contributed by atoms with van der Waals surface area (Å²) in [6.45, 7) is 2.73. The third kappa shape index (κ3) is 4.13. The number of likely N-dealkylation sites (N-methyl/N-ethyl adjacent to an activating group) is 1. The Morgan fingerprint density at radius 3 is 2.46 bits per heavy atom. The van der Waals surface area contributed by atoms with Gasteiger partial charge in [-0.3, -0.25) is 14.4 Å². The Morgan fingerprint density at radius 1 is 1.18 bits per heavy atom. The van der Waals surface area contributed by atoms with Crippen LogP contribution in [0.25, 0.3) is 0 Å². The van der Waals surface area contributed by atoms with E-state index in [1.54, 1.807) is 24.1 Å². The lowest BCUT2D eigenvalue weighted by molar-refractivity contribution is -0.136. The van der Waals surface area contributed by atoms with Gasteiger partial charge in [0.15, 0.2) is 0 Å². The van der Waals surface area contributed by atoms with E-state index >= 15 is 0 Å². The summed E-state index contributed by atoms with van der Waals surface area (Å²) < 4.78 is 5.15. The number of rotatable bonds is 6. The molecule has 1 atom stereocenters. The summed E-state index contributed by atoms with van der Waals surface area (Å²) in [5.41, 5.74) is -0.0979. The van der Waals surface area contributed by atoms with Crippen molar-refractivity contribution >= 4 is 23.4 Å². The maximum atomic E-state index is 13.0. The van der Waals surface area contributed by atoms with E-state index in [9.17, 15) is 14.4 Å². The van der Waals surface area contributed by atoms with E-state index in [2.05, 4.69) is 10.6 Å². The second-order valence-electron chi connectivity index (χ2n) is 7.59. The first-order valence-electron chi connectivity index (χ1n) is 10.0. The fourth-order valence-electron chi connectivity index (χ4n) is 4.13. The van der Waals surface area contributed by atoms with Crippen molar-refractivity contribution in [3.05, 3.63) is 24.3 Å². The number of carbonyl (C=O) groups is 3. The molecule has 2 fully saturated rings. The third-order valence-electron chi connectivity index (χ3n) is 5.72. The Kier molecular flexibility index (Phi) is 6.21. The van der Waals surface area contributed by atoms with Crippen LogP contribution in [0.4, 0.5) is 5.69 Å². The number of carbonyl (C=O) groups excluding carboxylic acids is 3. The van der Waals surface area contributed by atoms with Crippen molar-refractivity contribution < 1.29 is 19.1 Å². The van der Waals surface area contributed by atoms with Crippen molar-refractivity contribution in [2.75, 3.05) is 25.1 Å². The van der Waals surface area contributed by atoms with Gasteiger partial charge in [-0.15, -0.1) is 0 Å². The summed E-state index contributed by atoms with van der Waals surface area (Å²) in [5, 5.41) is 5.88.